The van der Waals surface area contributed by atoms with Crippen LogP contribution in [0, 0.1) is 0 Å². The Morgan fingerprint density at radius 1 is 1.15 bits per heavy atom. The third kappa shape index (κ3) is 3.46. The van der Waals surface area contributed by atoms with Crippen LogP contribution >= 0.6 is 11.6 Å². The van der Waals surface area contributed by atoms with E-state index >= 15 is 0 Å². The Morgan fingerprint density at radius 3 is 2.74 bits per heavy atom. The van der Waals surface area contributed by atoms with E-state index in [1.54, 1.807) is 4.90 Å². The maximum Gasteiger partial charge on any atom is 0.409 e. The molecule has 1 fully saturated rings. The third-order valence-corrected chi connectivity index (χ3v) is 5.76. The number of carbonyl (C=O) groups excluding carboxylic acids is 1. The van der Waals surface area contributed by atoms with Crippen molar-refractivity contribution in [1.29, 1.82) is 0 Å². The highest BCUT2D eigenvalue weighted by Crippen LogP contribution is 2.39. The zero-order chi connectivity index (χ0) is 18.8. The molecule has 140 valence electrons. The molecule has 0 bridgehead atoms. The van der Waals surface area contributed by atoms with Crippen LogP contribution in [0.2, 0.25) is 5.02 Å². The number of pyridine rings is 1. The number of hydrogen-bond acceptors (Lipinski definition) is 3. The van der Waals surface area contributed by atoms with Gasteiger partial charge in [-0.2, -0.15) is 0 Å². The molecule has 1 aromatic carbocycles. The van der Waals surface area contributed by atoms with Crippen LogP contribution in [0.15, 0.2) is 42.1 Å². The van der Waals surface area contributed by atoms with Gasteiger partial charge in [0.15, 0.2) is 0 Å². The first kappa shape index (κ1) is 18.1. The van der Waals surface area contributed by atoms with Crippen molar-refractivity contribution in [3.8, 4) is 0 Å². The minimum Gasteiger partial charge on any atom is -0.450 e. The van der Waals surface area contributed by atoms with Crippen LogP contribution in [0.4, 0.5) is 4.79 Å². The van der Waals surface area contributed by atoms with Gasteiger partial charge in [-0.1, -0.05) is 35.4 Å². The smallest absolute Gasteiger partial charge is 0.409 e. The Labute approximate surface area is 164 Å². The van der Waals surface area contributed by atoms with Gasteiger partial charge in [0.2, 0.25) is 0 Å². The van der Waals surface area contributed by atoms with Gasteiger partial charge in [0.05, 0.1) is 12.3 Å². The van der Waals surface area contributed by atoms with E-state index < -0.39 is 0 Å². The fraction of sp³-hybridized carbons (Fsp3) is 0.364. The van der Waals surface area contributed by atoms with Crippen molar-refractivity contribution in [2.45, 2.75) is 32.6 Å². The number of benzene rings is 1. The average Bonchev–Trinajstić information content (AvgIpc) is 2.86. The van der Waals surface area contributed by atoms with Gasteiger partial charge in [0, 0.05) is 29.9 Å². The normalized spacial score (nSPS) is 16.4. The Bertz CT molecular complexity index is 897. The summed E-state index contributed by atoms with van der Waals surface area (Å²) in [6.45, 7) is 3.60. The molecule has 1 amide bonds. The van der Waals surface area contributed by atoms with Crippen molar-refractivity contribution in [2.75, 3.05) is 19.7 Å². The SMILES string of the molecule is CCOC(=O)N1CCC(=C2c3cccc(Cl)c3CCc3cccnc32)CC1. The average molecular weight is 383 g/mol. The van der Waals surface area contributed by atoms with Crippen molar-refractivity contribution < 1.29 is 9.53 Å². The highest BCUT2D eigenvalue weighted by atomic mass is 35.5. The number of rotatable bonds is 1. The Hall–Kier alpha value is -2.33. The second-order valence-corrected chi connectivity index (χ2v) is 7.35. The first-order chi connectivity index (χ1) is 13.2. The van der Waals surface area contributed by atoms with Crippen LogP contribution in [-0.4, -0.2) is 35.7 Å². The number of likely N-dealkylation sites (tertiary alicyclic amines) is 1. The zero-order valence-corrected chi connectivity index (χ0v) is 16.3. The number of fused-ring (bicyclic) bond motifs is 2. The Balaban J connectivity index is 1.77. The van der Waals surface area contributed by atoms with Crippen LogP contribution in [0.1, 0.15) is 42.1 Å². The monoisotopic (exact) mass is 382 g/mol. The van der Waals surface area contributed by atoms with Crippen molar-refractivity contribution >= 4 is 23.3 Å². The van der Waals surface area contributed by atoms with Crippen LogP contribution in [0.3, 0.4) is 0 Å². The van der Waals surface area contributed by atoms with E-state index in [1.165, 1.54) is 27.8 Å². The molecule has 2 heterocycles. The lowest BCUT2D eigenvalue weighted by Gasteiger charge is -2.29. The van der Waals surface area contributed by atoms with Crippen molar-refractivity contribution in [1.82, 2.24) is 9.88 Å². The summed E-state index contributed by atoms with van der Waals surface area (Å²) >= 11 is 6.55. The van der Waals surface area contributed by atoms with Crippen LogP contribution in [0.5, 0.6) is 0 Å². The third-order valence-electron chi connectivity index (χ3n) is 5.41. The number of ether oxygens (including phenoxy) is 1. The van der Waals surface area contributed by atoms with E-state index in [0.717, 1.165) is 36.4 Å². The van der Waals surface area contributed by atoms with Gasteiger partial charge >= 0.3 is 6.09 Å². The molecule has 4 rings (SSSR count). The number of aromatic nitrogens is 1. The number of aryl methyl sites for hydroxylation is 1. The number of nitrogens with zero attached hydrogens (tertiary/aromatic N) is 2. The summed E-state index contributed by atoms with van der Waals surface area (Å²) in [5, 5.41) is 0.822. The molecule has 0 atom stereocenters. The number of hydrogen-bond donors (Lipinski definition) is 0. The zero-order valence-electron chi connectivity index (χ0n) is 15.5. The molecule has 27 heavy (non-hydrogen) atoms. The minimum atomic E-state index is -0.218. The summed E-state index contributed by atoms with van der Waals surface area (Å²) < 4.78 is 5.15. The van der Waals surface area contributed by atoms with Crippen molar-refractivity contribution in [3.63, 3.8) is 0 Å². The Kier molecular flexibility index (Phi) is 5.17. The second kappa shape index (κ2) is 7.73. The van der Waals surface area contributed by atoms with E-state index in [4.69, 9.17) is 21.3 Å². The van der Waals surface area contributed by atoms with E-state index in [2.05, 4.69) is 12.1 Å². The van der Waals surface area contributed by atoms with Gasteiger partial charge in [0.25, 0.3) is 0 Å². The molecule has 0 spiro atoms. The molecule has 1 aromatic heterocycles. The summed E-state index contributed by atoms with van der Waals surface area (Å²) in [4.78, 5) is 18.6. The summed E-state index contributed by atoms with van der Waals surface area (Å²) in [6.07, 6.45) is 5.16. The fourth-order valence-corrected chi connectivity index (χ4v) is 4.35. The molecule has 1 saturated heterocycles. The van der Waals surface area contributed by atoms with Gasteiger partial charge in [-0.25, -0.2) is 4.79 Å². The fourth-order valence-electron chi connectivity index (χ4n) is 4.08. The first-order valence-corrected chi connectivity index (χ1v) is 9.92. The predicted octanol–water partition coefficient (Wildman–Crippen LogP) is 4.89. The molecule has 2 aromatic rings. The Morgan fingerprint density at radius 2 is 1.96 bits per heavy atom. The van der Waals surface area contributed by atoms with E-state index in [0.29, 0.717) is 19.7 Å². The molecular weight excluding hydrogens is 360 g/mol. The number of carbonyl (C=O) groups is 1. The lowest BCUT2D eigenvalue weighted by atomic mass is 9.88. The quantitative estimate of drug-likeness (QED) is 0.705. The van der Waals surface area contributed by atoms with Crippen molar-refractivity contribution in [3.05, 3.63) is 69.5 Å². The summed E-state index contributed by atoms with van der Waals surface area (Å²) in [7, 11) is 0. The van der Waals surface area contributed by atoms with Gasteiger partial charge in [-0.05, 0) is 61.4 Å². The summed E-state index contributed by atoms with van der Waals surface area (Å²) in [5.41, 5.74) is 7.29. The minimum absolute atomic E-state index is 0.218. The first-order valence-electron chi connectivity index (χ1n) is 9.54. The van der Waals surface area contributed by atoms with Gasteiger partial charge in [0.1, 0.15) is 0 Å². The number of halogens is 1. The second-order valence-electron chi connectivity index (χ2n) is 6.94. The number of piperidine rings is 1. The molecule has 2 aliphatic rings. The summed E-state index contributed by atoms with van der Waals surface area (Å²) in [6, 6.07) is 10.3. The van der Waals surface area contributed by atoms with E-state index in [9.17, 15) is 4.79 Å². The standard InChI is InChI=1S/C22H23ClN2O2/c1-2-27-22(26)25-13-10-15(11-14-25)20-18-6-3-7-19(23)17(18)9-8-16-5-4-12-24-21(16)20/h3-7,12H,2,8-11,13-14H2,1H3. The van der Waals surface area contributed by atoms with Crippen molar-refractivity contribution in [2.24, 2.45) is 0 Å². The molecule has 1 aliphatic heterocycles. The highest BCUT2D eigenvalue weighted by Gasteiger charge is 2.27. The van der Waals surface area contributed by atoms with E-state index in [-0.39, 0.29) is 6.09 Å². The topological polar surface area (TPSA) is 42.4 Å². The highest BCUT2D eigenvalue weighted by molar-refractivity contribution is 6.31. The number of amides is 1. The molecule has 4 nitrogen and oxygen atoms in total. The molecule has 5 heteroatoms. The lowest BCUT2D eigenvalue weighted by molar-refractivity contribution is 0.104. The van der Waals surface area contributed by atoms with Gasteiger partial charge in [-0.3, -0.25) is 4.98 Å². The molecule has 0 unspecified atom stereocenters. The maximum atomic E-state index is 12.0. The van der Waals surface area contributed by atoms with Gasteiger partial charge < -0.3 is 9.64 Å². The predicted molar refractivity (Wildman–Crippen MR) is 107 cm³/mol. The van der Waals surface area contributed by atoms with E-state index in [1.807, 2.05) is 31.3 Å². The van der Waals surface area contributed by atoms with Crippen LogP contribution in [-0.2, 0) is 17.6 Å². The van der Waals surface area contributed by atoms with Gasteiger partial charge in [-0.15, -0.1) is 0 Å². The summed E-state index contributed by atoms with van der Waals surface area (Å²) in [5.74, 6) is 0. The molecule has 0 radical (unpaired) electrons. The largest absolute Gasteiger partial charge is 0.450 e. The lowest BCUT2D eigenvalue weighted by Crippen LogP contribution is -2.37. The van der Waals surface area contributed by atoms with Crippen LogP contribution < -0.4 is 0 Å². The molecular formula is C22H23ClN2O2. The molecule has 0 N–H and O–H groups in total. The molecule has 0 saturated carbocycles. The maximum absolute atomic E-state index is 12.0. The molecule has 1 aliphatic carbocycles. The van der Waals surface area contributed by atoms with Crippen LogP contribution in [0.25, 0.3) is 5.57 Å².